The smallest absolute Gasteiger partial charge is 0.120 e. The summed E-state index contributed by atoms with van der Waals surface area (Å²) in [4.78, 5) is 0. The zero-order valence-electron chi connectivity index (χ0n) is 18.0. The quantitative estimate of drug-likeness (QED) is 0.109. The number of hydrogen-bond donors (Lipinski definition) is 0. The molecule has 0 unspecified atom stereocenters. The van der Waals surface area contributed by atoms with Gasteiger partial charge in [0.05, 0.1) is 6.61 Å². The molecule has 0 amide bonds. The summed E-state index contributed by atoms with van der Waals surface area (Å²) in [6, 6.07) is 19.9. The molecule has 2 heteroatoms. The van der Waals surface area contributed by atoms with Crippen molar-refractivity contribution in [3.63, 3.8) is 0 Å². The maximum absolute atomic E-state index is 6.13. The van der Waals surface area contributed by atoms with E-state index in [0.29, 0.717) is 0 Å². The maximum Gasteiger partial charge on any atom is 0.120 e. The molecule has 0 heterocycles. The van der Waals surface area contributed by atoms with Crippen LogP contribution in [0.1, 0.15) is 64.2 Å². The van der Waals surface area contributed by atoms with Gasteiger partial charge in [-0.3, -0.25) is 0 Å². The molecule has 0 fully saturated rings. The molecule has 0 bridgehead atoms. The van der Waals surface area contributed by atoms with E-state index in [-0.39, 0.29) is 0 Å². The summed E-state index contributed by atoms with van der Waals surface area (Å²) >= 11 is 3.50. The van der Waals surface area contributed by atoms with Crippen LogP contribution in [0.3, 0.4) is 0 Å². The minimum Gasteiger partial charge on any atom is -0.494 e. The van der Waals surface area contributed by atoms with Crippen LogP contribution < -0.4 is 4.74 Å². The standard InChI is InChI=1S/C28H33BrO/c29-18-9-7-5-3-1-2-4-6-8-10-19-30-26-20-24-16-14-22-12-11-13-23-15-17-25(21-26)28(24)27(22)23/h11-17,20-21H,1-10,18-19H2. The van der Waals surface area contributed by atoms with Crippen molar-refractivity contribution in [3.8, 4) is 5.75 Å². The molecule has 0 atom stereocenters. The third-order valence-corrected chi connectivity index (χ3v) is 6.79. The first-order valence-corrected chi connectivity index (χ1v) is 12.9. The van der Waals surface area contributed by atoms with Gasteiger partial charge in [0, 0.05) is 5.33 Å². The van der Waals surface area contributed by atoms with Crippen LogP contribution in [0.5, 0.6) is 5.75 Å². The number of hydrogen-bond acceptors (Lipinski definition) is 1. The average Bonchev–Trinajstić information content (AvgIpc) is 2.78. The molecule has 0 aliphatic rings. The SMILES string of the molecule is BrCCCCCCCCCCCCOc1cc2ccc3cccc4ccc(c1)c2c34. The number of unbranched alkanes of at least 4 members (excludes halogenated alkanes) is 9. The van der Waals surface area contributed by atoms with Crippen molar-refractivity contribution < 1.29 is 4.74 Å². The van der Waals surface area contributed by atoms with E-state index in [1.54, 1.807) is 0 Å². The van der Waals surface area contributed by atoms with Crippen LogP contribution in [0, 0.1) is 0 Å². The molecule has 4 aromatic rings. The lowest BCUT2D eigenvalue weighted by Crippen LogP contribution is -1.97. The van der Waals surface area contributed by atoms with Gasteiger partial charge in [-0.2, -0.15) is 0 Å². The average molecular weight is 465 g/mol. The fraction of sp³-hybridized carbons (Fsp3) is 0.429. The molecule has 4 rings (SSSR count). The van der Waals surface area contributed by atoms with Crippen LogP contribution in [0.15, 0.2) is 54.6 Å². The lowest BCUT2D eigenvalue weighted by molar-refractivity contribution is 0.305. The third-order valence-electron chi connectivity index (χ3n) is 6.23. The predicted octanol–water partition coefficient (Wildman–Crippen LogP) is 9.26. The van der Waals surface area contributed by atoms with Gasteiger partial charge >= 0.3 is 0 Å². The van der Waals surface area contributed by atoms with E-state index < -0.39 is 0 Å². The fourth-order valence-corrected chi connectivity index (χ4v) is 5.01. The van der Waals surface area contributed by atoms with E-state index in [1.165, 1.54) is 90.1 Å². The Kier molecular flexibility index (Phi) is 7.86. The first kappa shape index (κ1) is 21.4. The molecule has 158 valence electrons. The lowest BCUT2D eigenvalue weighted by Gasteiger charge is -2.13. The van der Waals surface area contributed by atoms with Crippen LogP contribution in [-0.4, -0.2) is 11.9 Å². The third kappa shape index (κ3) is 5.27. The number of rotatable bonds is 13. The van der Waals surface area contributed by atoms with E-state index in [4.69, 9.17) is 4.74 Å². The number of alkyl halides is 1. The molecule has 0 spiro atoms. The van der Waals surface area contributed by atoms with Gasteiger partial charge in [0.15, 0.2) is 0 Å². The second kappa shape index (κ2) is 11.0. The van der Waals surface area contributed by atoms with Crippen molar-refractivity contribution in [1.82, 2.24) is 0 Å². The Morgan fingerprint density at radius 2 is 1.00 bits per heavy atom. The lowest BCUT2D eigenvalue weighted by atomic mass is 9.94. The summed E-state index contributed by atoms with van der Waals surface area (Å²) in [6.45, 7) is 0.819. The van der Waals surface area contributed by atoms with Crippen molar-refractivity contribution in [2.24, 2.45) is 0 Å². The summed E-state index contributed by atoms with van der Waals surface area (Å²) in [6.07, 6.45) is 13.5. The van der Waals surface area contributed by atoms with Crippen molar-refractivity contribution >= 4 is 48.2 Å². The van der Waals surface area contributed by atoms with Crippen LogP contribution in [0.2, 0.25) is 0 Å². The molecular weight excluding hydrogens is 432 g/mol. The van der Waals surface area contributed by atoms with Gasteiger partial charge in [0.2, 0.25) is 0 Å². The summed E-state index contributed by atoms with van der Waals surface area (Å²) in [5.74, 6) is 1.00. The van der Waals surface area contributed by atoms with Gasteiger partial charge < -0.3 is 4.74 Å². The van der Waals surface area contributed by atoms with Gasteiger partial charge in [0.1, 0.15) is 5.75 Å². The normalized spacial score (nSPS) is 11.8. The molecular formula is C28H33BrO. The van der Waals surface area contributed by atoms with E-state index in [1.807, 2.05) is 0 Å². The molecule has 30 heavy (non-hydrogen) atoms. The fourth-order valence-electron chi connectivity index (χ4n) is 4.61. The summed E-state index contributed by atoms with van der Waals surface area (Å²) in [7, 11) is 0. The van der Waals surface area contributed by atoms with Crippen LogP contribution in [-0.2, 0) is 0 Å². The Labute approximate surface area is 189 Å². The summed E-state index contributed by atoms with van der Waals surface area (Å²) in [5.41, 5.74) is 0. The first-order valence-electron chi connectivity index (χ1n) is 11.7. The van der Waals surface area contributed by atoms with E-state index in [2.05, 4.69) is 70.5 Å². The zero-order chi connectivity index (χ0) is 20.6. The second-order valence-corrected chi connectivity index (χ2v) is 9.32. The van der Waals surface area contributed by atoms with Crippen molar-refractivity contribution in [2.75, 3.05) is 11.9 Å². The van der Waals surface area contributed by atoms with E-state index >= 15 is 0 Å². The Morgan fingerprint density at radius 1 is 0.533 bits per heavy atom. The molecule has 0 saturated carbocycles. The Morgan fingerprint density at radius 3 is 1.57 bits per heavy atom. The minimum atomic E-state index is 0.819. The van der Waals surface area contributed by atoms with Crippen LogP contribution in [0.4, 0.5) is 0 Å². The minimum absolute atomic E-state index is 0.819. The largest absolute Gasteiger partial charge is 0.494 e. The molecule has 0 radical (unpaired) electrons. The van der Waals surface area contributed by atoms with Gasteiger partial charge in [-0.05, 0) is 57.3 Å². The number of halogens is 1. The molecule has 0 saturated heterocycles. The summed E-state index contributed by atoms with van der Waals surface area (Å²) < 4.78 is 6.13. The molecule has 1 nitrogen and oxygen atoms in total. The number of benzene rings is 4. The van der Waals surface area contributed by atoms with Crippen molar-refractivity contribution in [2.45, 2.75) is 64.2 Å². The van der Waals surface area contributed by atoms with Gasteiger partial charge in [-0.15, -0.1) is 0 Å². The number of ether oxygens (including phenoxy) is 1. The van der Waals surface area contributed by atoms with Gasteiger partial charge in [0.25, 0.3) is 0 Å². The Bertz CT molecular complexity index is 991. The maximum atomic E-state index is 6.13. The van der Waals surface area contributed by atoms with Crippen molar-refractivity contribution in [3.05, 3.63) is 54.6 Å². The highest BCUT2D eigenvalue weighted by molar-refractivity contribution is 9.09. The summed E-state index contributed by atoms with van der Waals surface area (Å²) in [5, 5.41) is 9.10. The monoisotopic (exact) mass is 464 g/mol. The Hall–Kier alpha value is -1.80. The van der Waals surface area contributed by atoms with E-state index in [0.717, 1.165) is 24.1 Å². The topological polar surface area (TPSA) is 9.23 Å². The molecule has 0 aliphatic heterocycles. The zero-order valence-corrected chi connectivity index (χ0v) is 19.6. The van der Waals surface area contributed by atoms with Gasteiger partial charge in [-0.1, -0.05) is 110 Å². The molecule has 0 N–H and O–H groups in total. The predicted molar refractivity (Wildman–Crippen MR) is 136 cm³/mol. The van der Waals surface area contributed by atoms with Crippen molar-refractivity contribution in [1.29, 1.82) is 0 Å². The molecule has 0 aromatic heterocycles. The first-order chi connectivity index (χ1) is 14.9. The highest BCUT2D eigenvalue weighted by Crippen LogP contribution is 2.36. The highest BCUT2D eigenvalue weighted by atomic mass is 79.9. The van der Waals surface area contributed by atoms with Gasteiger partial charge in [-0.25, -0.2) is 0 Å². The highest BCUT2D eigenvalue weighted by Gasteiger charge is 2.09. The Balaban J connectivity index is 1.22. The van der Waals surface area contributed by atoms with Crippen LogP contribution in [0.25, 0.3) is 32.3 Å². The second-order valence-electron chi connectivity index (χ2n) is 8.53. The van der Waals surface area contributed by atoms with E-state index in [9.17, 15) is 0 Å². The molecule has 0 aliphatic carbocycles. The molecule has 4 aromatic carbocycles. The van der Waals surface area contributed by atoms with Crippen LogP contribution >= 0.6 is 15.9 Å².